The number of aromatic amines is 1. The Labute approximate surface area is 111 Å². The molecule has 102 valence electrons. The number of imidazole rings is 1. The maximum absolute atomic E-state index is 13.2. The van der Waals surface area contributed by atoms with Gasteiger partial charge in [0.25, 0.3) is 0 Å². The van der Waals surface area contributed by atoms with Gasteiger partial charge in [0.15, 0.2) is 11.6 Å². The predicted octanol–water partition coefficient (Wildman–Crippen LogP) is 2.45. The highest BCUT2D eigenvalue weighted by molar-refractivity contribution is 5.19. The first-order valence-corrected chi connectivity index (χ1v) is 6.34. The molecular weight excluding hydrogens is 248 g/mol. The molecule has 2 aromatic rings. The number of nitrogens with one attached hydrogen (secondary N) is 2. The molecule has 0 bridgehead atoms. The average Bonchev–Trinajstić information content (AvgIpc) is 2.87. The third kappa shape index (κ3) is 3.86. The standard InChI is InChI=1S/C14H17F2N3/c1-2-17-11(9-14-18-5-6-19-14)7-10-3-4-12(15)13(16)8-10/h3-6,8,11,17H,2,7,9H2,1H3,(H,18,19). The fourth-order valence-corrected chi connectivity index (χ4v) is 2.10. The van der Waals surface area contributed by atoms with Crippen LogP contribution in [0.4, 0.5) is 8.78 Å². The molecule has 1 aromatic heterocycles. The topological polar surface area (TPSA) is 40.7 Å². The fraction of sp³-hybridized carbons (Fsp3) is 0.357. The van der Waals surface area contributed by atoms with E-state index in [2.05, 4.69) is 15.3 Å². The van der Waals surface area contributed by atoms with Crippen molar-refractivity contribution in [3.63, 3.8) is 0 Å². The molecule has 0 aliphatic carbocycles. The largest absolute Gasteiger partial charge is 0.349 e. The second-order valence-corrected chi connectivity index (χ2v) is 4.45. The molecular formula is C14H17F2N3. The molecule has 0 aliphatic heterocycles. The van der Waals surface area contributed by atoms with Crippen LogP contribution in [0, 0.1) is 11.6 Å². The van der Waals surface area contributed by atoms with Gasteiger partial charge in [0, 0.05) is 24.9 Å². The van der Waals surface area contributed by atoms with Crippen LogP contribution in [-0.4, -0.2) is 22.6 Å². The smallest absolute Gasteiger partial charge is 0.159 e. The summed E-state index contributed by atoms with van der Waals surface area (Å²) in [6.45, 7) is 2.83. The summed E-state index contributed by atoms with van der Waals surface area (Å²) in [5.41, 5.74) is 0.774. The van der Waals surface area contributed by atoms with E-state index in [1.807, 2.05) is 6.92 Å². The van der Waals surface area contributed by atoms with Crippen molar-refractivity contribution in [2.45, 2.75) is 25.8 Å². The summed E-state index contributed by atoms with van der Waals surface area (Å²) in [5, 5.41) is 3.33. The van der Waals surface area contributed by atoms with E-state index in [-0.39, 0.29) is 6.04 Å². The van der Waals surface area contributed by atoms with Gasteiger partial charge in [-0.15, -0.1) is 0 Å². The first-order valence-electron chi connectivity index (χ1n) is 6.34. The summed E-state index contributed by atoms with van der Waals surface area (Å²) in [6.07, 6.45) is 4.83. The number of halogens is 2. The van der Waals surface area contributed by atoms with Gasteiger partial charge in [0.2, 0.25) is 0 Å². The van der Waals surface area contributed by atoms with Crippen LogP contribution < -0.4 is 5.32 Å². The number of hydrogen-bond donors (Lipinski definition) is 2. The Bertz CT molecular complexity index is 511. The molecule has 0 spiro atoms. The van der Waals surface area contributed by atoms with Crippen molar-refractivity contribution in [3.05, 3.63) is 53.6 Å². The predicted molar refractivity (Wildman–Crippen MR) is 69.8 cm³/mol. The fourth-order valence-electron chi connectivity index (χ4n) is 2.10. The van der Waals surface area contributed by atoms with E-state index in [9.17, 15) is 8.78 Å². The quantitative estimate of drug-likeness (QED) is 0.842. The molecule has 0 aliphatic rings. The lowest BCUT2D eigenvalue weighted by molar-refractivity contribution is 0.495. The Balaban J connectivity index is 2.05. The molecule has 1 unspecified atom stereocenters. The Morgan fingerprint density at radius 1 is 1.26 bits per heavy atom. The number of hydrogen-bond acceptors (Lipinski definition) is 2. The Morgan fingerprint density at radius 3 is 2.74 bits per heavy atom. The van der Waals surface area contributed by atoms with Crippen molar-refractivity contribution in [1.29, 1.82) is 0 Å². The Morgan fingerprint density at radius 2 is 2.11 bits per heavy atom. The summed E-state index contributed by atoms with van der Waals surface area (Å²) < 4.78 is 26.1. The van der Waals surface area contributed by atoms with Gasteiger partial charge in [0.05, 0.1) is 0 Å². The average molecular weight is 265 g/mol. The van der Waals surface area contributed by atoms with Crippen molar-refractivity contribution in [1.82, 2.24) is 15.3 Å². The SMILES string of the molecule is CCNC(Cc1ccc(F)c(F)c1)Cc1ncc[nH]1. The highest BCUT2D eigenvalue weighted by Gasteiger charge is 2.12. The van der Waals surface area contributed by atoms with Gasteiger partial charge in [-0.2, -0.15) is 0 Å². The number of H-pyrrole nitrogens is 1. The van der Waals surface area contributed by atoms with Crippen LogP contribution in [0.3, 0.4) is 0 Å². The molecule has 0 fully saturated rings. The maximum atomic E-state index is 13.2. The maximum Gasteiger partial charge on any atom is 0.159 e. The van der Waals surface area contributed by atoms with Crippen LogP contribution in [0.15, 0.2) is 30.6 Å². The molecule has 2 rings (SSSR count). The minimum atomic E-state index is -0.810. The Hall–Kier alpha value is -1.75. The highest BCUT2D eigenvalue weighted by Crippen LogP contribution is 2.12. The minimum absolute atomic E-state index is 0.140. The number of likely N-dealkylation sites (N-methyl/N-ethyl adjacent to an activating group) is 1. The zero-order chi connectivity index (χ0) is 13.7. The van der Waals surface area contributed by atoms with E-state index in [1.165, 1.54) is 12.1 Å². The Kier molecular flexibility index (Phi) is 4.63. The lowest BCUT2D eigenvalue weighted by Gasteiger charge is -2.17. The normalized spacial score (nSPS) is 12.6. The van der Waals surface area contributed by atoms with Crippen LogP contribution in [0.1, 0.15) is 18.3 Å². The molecule has 19 heavy (non-hydrogen) atoms. The molecule has 3 nitrogen and oxygen atoms in total. The van der Waals surface area contributed by atoms with Crippen LogP contribution >= 0.6 is 0 Å². The first-order chi connectivity index (χ1) is 9.19. The van der Waals surface area contributed by atoms with Crippen LogP contribution in [-0.2, 0) is 12.8 Å². The summed E-state index contributed by atoms with van der Waals surface area (Å²) in [4.78, 5) is 7.23. The van der Waals surface area contributed by atoms with Crippen molar-refractivity contribution < 1.29 is 8.78 Å². The van der Waals surface area contributed by atoms with Gasteiger partial charge in [-0.05, 0) is 30.7 Å². The van der Waals surface area contributed by atoms with Crippen molar-refractivity contribution >= 4 is 0 Å². The zero-order valence-electron chi connectivity index (χ0n) is 10.8. The molecule has 0 saturated carbocycles. The lowest BCUT2D eigenvalue weighted by atomic mass is 10.0. The molecule has 5 heteroatoms. The van der Waals surface area contributed by atoms with Crippen molar-refractivity contribution in [2.75, 3.05) is 6.54 Å². The van der Waals surface area contributed by atoms with E-state index >= 15 is 0 Å². The summed E-state index contributed by atoms with van der Waals surface area (Å²) >= 11 is 0. The molecule has 2 N–H and O–H groups in total. The molecule has 1 atom stereocenters. The molecule has 1 heterocycles. The molecule has 0 amide bonds. The number of benzene rings is 1. The van der Waals surface area contributed by atoms with E-state index in [1.54, 1.807) is 18.5 Å². The number of aromatic nitrogens is 2. The van der Waals surface area contributed by atoms with Crippen LogP contribution in [0.2, 0.25) is 0 Å². The minimum Gasteiger partial charge on any atom is -0.349 e. The van der Waals surface area contributed by atoms with Crippen molar-refractivity contribution in [3.8, 4) is 0 Å². The van der Waals surface area contributed by atoms with Gasteiger partial charge in [0.1, 0.15) is 5.82 Å². The monoisotopic (exact) mass is 265 g/mol. The van der Waals surface area contributed by atoms with Crippen molar-refractivity contribution in [2.24, 2.45) is 0 Å². The van der Waals surface area contributed by atoms with Gasteiger partial charge in [-0.25, -0.2) is 13.8 Å². The molecule has 1 aromatic carbocycles. The van der Waals surface area contributed by atoms with Crippen LogP contribution in [0.5, 0.6) is 0 Å². The third-order valence-corrected chi connectivity index (χ3v) is 2.95. The van der Waals surface area contributed by atoms with Gasteiger partial charge >= 0.3 is 0 Å². The van der Waals surface area contributed by atoms with E-state index < -0.39 is 11.6 Å². The lowest BCUT2D eigenvalue weighted by Crippen LogP contribution is -2.33. The van der Waals surface area contributed by atoms with Gasteiger partial charge in [-0.3, -0.25) is 0 Å². The molecule has 0 radical (unpaired) electrons. The first kappa shape index (κ1) is 13.7. The highest BCUT2D eigenvalue weighted by atomic mass is 19.2. The van der Waals surface area contributed by atoms with E-state index in [0.29, 0.717) is 6.42 Å². The van der Waals surface area contributed by atoms with Gasteiger partial charge < -0.3 is 10.3 Å². The van der Waals surface area contributed by atoms with E-state index in [0.717, 1.165) is 24.4 Å². The van der Waals surface area contributed by atoms with Gasteiger partial charge in [-0.1, -0.05) is 13.0 Å². The van der Waals surface area contributed by atoms with Crippen LogP contribution in [0.25, 0.3) is 0 Å². The molecule has 0 saturated heterocycles. The summed E-state index contributed by atoms with van der Waals surface area (Å²) in [5.74, 6) is -0.728. The second-order valence-electron chi connectivity index (χ2n) is 4.45. The summed E-state index contributed by atoms with van der Waals surface area (Å²) in [6, 6.07) is 4.17. The number of rotatable bonds is 6. The summed E-state index contributed by atoms with van der Waals surface area (Å²) in [7, 11) is 0. The second kappa shape index (κ2) is 6.43. The third-order valence-electron chi connectivity index (χ3n) is 2.95. The number of nitrogens with zero attached hydrogens (tertiary/aromatic N) is 1. The zero-order valence-corrected chi connectivity index (χ0v) is 10.8. The van der Waals surface area contributed by atoms with E-state index in [4.69, 9.17) is 0 Å².